The summed E-state index contributed by atoms with van der Waals surface area (Å²) in [6.07, 6.45) is 4.19. The van der Waals surface area contributed by atoms with Crippen molar-refractivity contribution in [2.24, 2.45) is 5.41 Å². The monoisotopic (exact) mass is 448 g/mol. The summed E-state index contributed by atoms with van der Waals surface area (Å²) in [6.45, 7) is 0.104. The van der Waals surface area contributed by atoms with Crippen molar-refractivity contribution in [2.75, 3.05) is 6.61 Å². The van der Waals surface area contributed by atoms with Gasteiger partial charge in [-0.3, -0.25) is 9.59 Å². The van der Waals surface area contributed by atoms with Crippen LogP contribution in [-0.4, -0.2) is 41.8 Å². The van der Waals surface area contributed by atoms with Gasteiger partial charge < -0.3 is 20.5 Å². The van der Waals surface area contributed by atoms with Crippen molar-refractivity contribution in [3.05, 3.63) is 59.7 Å². The quantitative estimate of drug-likeness (QED) is 0.597. The van der Waals surface area contributed by atoms with Gasteiger partial charge in [0, 0.05) is 12.0 Å². The van der Waals surface area contributed by atoms with Crippen LogP contribution in [0.2, 0.25) is 0 Å². The average molecular weight is 449 g/mol. The van der Waals surface area contributed by atoms with Crippen LogP contribution in [0.4, 0.5) is 4.79 Å². The van der Waals surface area contributed by atoms with Crippen LogP contribution in [0.15, 0.2) is 48.5 Å². The highest BCUT2D eigenvalue weighted by atomic mass is 16.5. The van der Waals surface area contributed by atoms with Gasteiger partial charge in [-0.15, -0.1) is 0 Å². The second-order valence-corrected chi connectivity index (χ2v) is 9.46. The van der Waals surface area contributed by atoms with Crippen molar-refractivity contribution in [2.45, 2.75) is 56.5 Å². The molecule has 1 spiro atoms. The summed E-state index contributed by atoms with van der Waals surface area (Å²) in [5.41, 5.74) is 4.60. The zero-order chi connectivity index (χ0) is 23.0. The zero-order valence-electron chi connectivity index (χ0n) is 18.4. The summed E-state index contributed by atoms with van der Waals surface area (Å²) in [5, 5.41) is 14.7. The molecule has 2 amide bonds. The number of alkyl carbamates (subject to hydrolysis) is 1. The molecule has 0 bridgehead atoms. The van der Waals surface area contributed by atoms with Gasteiger partial charge in [-0.25, -0.2) is 4.79 Å². The number of aliphatic carboxylic acids is 1. The summed E-state index contributed by atoms with van der Waals surface area (Å²) < 4.78 is 5.49. The molecule has 2 fully saturated rings. The van der Waals surface area contributed by atoms with E-state index >= 15 is 0 Å². The maximum atomic E-state index is 12.7. The third-order valence-electron chi connectivity index (χ3n) is 7.44. The van der Waals surface area contributed by atoms with Gasteiger partial charge in [-0.05, 0) is 46.9 Å². The predicted molar refractivity (Wildman–Crippen MR) is 122 cm³/mol. The second-order valence-electron chi connectivity index (χ2n) is 9.46. The first-order valence-corrected chi connectivity index (χ1v) is 11.6. The first-order chi connectivity index (χ1) is 16.0. The highest BCUT2D eigenvalue weighted by Gasteiger charge is 2.56. The number of hydrogen-bond acceptors (Lipinski definition) is 4. The SMILES string of the molecule is O=C(O)CC(NC(=O)OCC1c2ccccc2-c2ccccc21)C(=O)NC1CC12CCCC2. The number of amides is 2. The standard InChI is InChI=1S/C26H28N2O5/c29-23(30)13-21(24(31)28-22-14-26(22)11-5-6-12-26)27-25(32)33-15-20-18-9-3-1-7-16(18)17-8-2-4-10-19(17)20/h1-4,7-10,20-22H,5-6,11-15H2,(H,27,32)(H,28,31)(H,29,30). The van der Waals surface area contributed by atoms with E-state index in [-0.39, 0.29) is 24.0 Å². The number of carboxylic acid groups (broad SMARTS) is 1. The Bertz CT molecular complexity index is 1050. The molecule has 33 heavy (non-hydrogen) atoms. The van der Waals surface area contributed by atoms with Crippen LogP contribution in [0.3, 0.4) is 0 Å². The van der Waals surface area contributed by atoms with E-state index in [9.17, 15) is 19.5 Å². The predicted octanol–water partition coefficient (Wildman–Crippen LogP) is 3.82. The third-order valence-corrected chi connectivity index (χ3v) is 7.44. The minimum absolute atomic E-state index is 0.0770. The van der Waals surface area contributed by atoms with Crippen molar-refractivity contribution in [3.63, 3.8) is 0 Å². The molecule has 7 nitrogen and oxygen atoms in total. The molecule has 2 aromatic rings. The van der Waals surface area contributed by atoms with E-state index in [4.69, 9.17) is 4.74 Å². The molecule has 2 unspecified atom stereocenters. The summed E-state index contributed by atoms with van der Waals surface area (Å²) in [5.74, 6) is -1.72. The summed E-state index contributed by atoms with van der Waals surface area (Å²) >= 11 is 0. The lowest BCUT2D eigenvalue weighted by atomic mass is 9.98. The Kier molecular flexibility index (Phi) is 5.56. The van der Waals surface area contributed by atoms with Gasteiger partial charge in [-0.2, -0.15) is 0 Å². The van der Waals surface area contributed by atoms with Gasteiger partial charge in [-0.1, -0.05) is 61.4 Å². The number of rotatable bonds is 7. The van der Waals surface area contributed by atoms with Crippen molar-refractivity contribution in [3.8, 4) is 11.1 Å². The Morgan fingerprint density at radius 2 is 1.61 bits per heavy atom. The lowest BCUT2D eigenvalue weighted by Gasteiger charge is -2.19. The molecule has 172 valence electrons. The van der Waals surface area contributed by atoms with E-state index in [0.717, 1.165) is 41.5 Å². The van der Waals surface area contributed by atoms with Gasteiger partial charge in [0.05, 0.1) is 6.42 Å². The molecule has 3 N–H and O–H groups in total. The van der Waals surface area contributed by atoms with Crippen LogP contribution in [0.1, 0.15) is 55.6 Å². The fourth-order valence-electron chi connectivity index (χ4n) is 5.62. The van der Waals surface area contributed by atoms with Crippen LogP contribution >= 0.6 is 0 Å². The Hall–Kier alpha value is -3.35. The number of carbonyl (C=O) groups excluding carboxylic acids is 2. The fourth-order valence-corrected chi connectivity index (χ4v) is 5.62. The molecule has 0 radical (unpaired) electrons. The first-order valence-electron chi connectivity index (χ1n) is 11.6. The number of nitrogens with one attached hydrogen (secondary N) is 2. The Balaban J connectivity index is 1.22. The van der Waals surface area contributed by atoms with E-state index in [2.05, 4.69) is 22.8 Å². The Morgan fingerprint density at radius 1 is 1.00 bits per heavy atom. The summed E-state index contributed by atoms with van der Waals surface area (Å²) in [4.78, 5) is 36.6. The Morgan fingerprint density at radius 3 is 2.21 bits per heavy atom. The first kappa shape index (κ1) is 21.5. The number of fused-ring (bicyclic) bond motifs is 3. The molecule has 0 aliphatic heterocycles. The summed E-state index contributed by atoms with van der Waals surface area (Å²) in [7, 11) is 0. The second kappa shape index (κ2) is 8.54. The molecular formula is C26H28N2O5. The highest BCUT2D eigenvalue weighted by molar-refractivity contribution is 5.89. The largest absolute Gasteiger partial charge is 0.481 e. The maximum absolute atomic E-state index is 12.7. The molecule has 0 saturated heterocycles. The van der Waals surface area contributed by atoms with Gasteiger partial charge >= 0.3 is 12.1 Å². The number of hydrogen-bond donors (Lipinski definition) is 3. The minimum Gasteiger partial charge on any atom is -0.481 e. The topological polar surface area (TPSA) is 105 Å². The lowest BCUT2D eigenvalue weighted by Crippen LogP contribution is -2.49. The van der Waals surface area contributed by atoms with E-state index < -0.39 is 30.4 Å². The molecule has 2 atom stereocenters. The van der Waals surface area contributed by atoms with Crippen molar-refractivity contribution in [1.29, 1.82) is 0 Å². The van der Waals surface area contributed by atoms with Crippen molar-refractivity contribution in [1.82, 2.24) is 10.6 Å². The Labute approximate surface area is 192 Å². The number of carbonyl (C=O) groups is 3. The zero-order valence-corrected chi connectivity index (χ0v) is 18.4. The van der Waals surface area contributed by atoms with Gasteiger partial charge in [0.1, 0.15) is 12.6 Å². The number of benzene rings is 2. The van der Waals surface area contributed by atoms with E-state index in [1.54, 1.807) is 0 Å². The molecule has 0 heterocycles. The lowest BCUT2D eigenvalue weighted by molar-refractivity contribution is -0.139. The minimum atomic E-state index is -1.17. The van der Waals surface area contributed by atoms with Gasteiger partial charge in [0.25, 0.3) is 0 Å². The average Bonchev–Trinajstić information content (AvgIpc) is 3.12. The highest BCUT2D eigenvalue weighted by Crippen LogP contribution is 2.57. The molecule has 2 aromatic carbocycles. The van der Waals surface area contributed by atoms with E-state index in [0.29, 0.717) is 0 Å². The van der Waals surface area contributed by atoms with Crippen molar-refractivity contribution >= 4 is 18.0 Å². The van der Waals surface area contributed by atoms with Crippen LogP contribution in [0, 0.1) is 5.41 Å². The van der Waals surface area contributed by atoms with Crippen LogP contribution in [0.5, 0.6) is 0 Å². The van der Waals surface area contributed by atoms with E-state index in [1.165, 1.54) is 12.8 Å². The van der Waals surface area contributed by atoms with Crippen LogP contribution in [0.25, 0.3) is 11.1 Å². The normalized spacial score (nSPS) is 20.5. The van der Waals surface area contributed by atoms with Crippen molar-refractivity contribution < 1.29 is 24.2 Å². The van der Waals surface area contributed by atoms with Gasteiger partial charge in [0.15, 0.2) is 0 Å². The smallest absolute Gasteiger partial charge is 0.407 e. The summed E-state index contributed by atoms with van der Waals surface area (Å²) in [6, 6.07) is 14.9. The third kappa shape index (κ3) is 4.19. The molecular weight excluding hydrogens is 420 g/mol. The number of ether oxygens (including phenoxy) is 1. The number of carboxylic acids is 1. The molecule has 7 heteroatoms. The maximum Gasteiger partial charge on any atom is 0.407 e. The van der Waals surface area contributed by atoms with Crippen LogP contribution in [-0.2, 0) is 14.3 Å². The fraction of sp³-hybridized carbons (Fsp3) is 0.423. The molecule has 5 rings (SSSR count). The van der Waals surface area contributed by atoms with Crippen LogP contribution < -0.4 is 10.6 Å². The van der Waals surface area contributed by atoms with Gasteiger partial charge in [0.2, 0.25) is 5.91 Å². The van der Waals surface area contributed by atoms with E-state index in [1.807, 2.05) is 36.4 Å². The molecule has 0 aromatic heterocycles. The molecule has 3 aliphatic carbocycles. The molecule has 2 saturated carbocycles. The molecule has 3 aliphatic rings.